The zero-order valence-electron chi connectivity index (χ0n) is 9.96. The highest BCUT2D eigenvalue weighted by Crippen LogP contribution is 2.24. The van der Waals surface area contributed by atoms with E-state index in [-0.39, 0.29) is 5.84 Å². The van der Waals surface area contributed by atoms with Gasteiger partial charge >= 0.3 is 0 Å². The molecule has 2 aromatic rings. The predicted molar refractivity (Wildman–Crippen MR) is 71.7 cm³/mol. The fraction of sp³-hybridized carbons (Fsp3) is 0.167. The van der Waals surface area contributed by atoms with Gasteiger partial charge in [-0.25, -0.2) is 9.07 Å². The smallest absolute Gasteiger partial charge is 0.149 e. The van der Waals surface area contributed by atoms with Gasteiger partial charge in [-0.05, 0) is 48.0 Å². The second-order valence-corrected chi connectivity index (χ2v) is 4.77. The van der Waals surface area contributed by atoms with Crippen molar-refractivity contribution in [2.45, 2.75) is 13.8 Å². The van der Waals surface area contributed by atoms with Crippen molar-refractivity contribution in [2.24, 2.45) is 5.73 Å². The van der Waals surface area contributed by atoms with Gasteiger partial charge in [-0.15, -0.1) is 0 Å². The Morgan fingerprint density at radius 1 is 1.44 bits per heavy atom. The minimum absolute atomic E-state index is 0.157. The largest absolute Gasteiger partial charge is 0.384 e. The van der Waals surface area contributed by atoms with Gasteiger partial charge in [0, 0.05) is 5.56 Å². The Morgan fingerprint density at radius 2 is 2.11 bits per heavy atom. The normalized spacial score (nSPS) is 10.7. The monoisotopic (exact) mass is 310 g/mol. The van der Waals surface area contributed by atoms with Gasteiger partial charge in [0.2, 0.25) is 0 Å². The summed E-state index contributed by atoms with van der Waals surface area (Å²) in [4.78, 5) is 0. The molecule has 0 fully saturated rings. The summed E-state index contributed by atoms with van der Waals surface area (Å²) < 4.78 is 16.4. The third kappa shape index (κ3) is 2.03. The van der Waals surface area contributed by atoms with E-state index in [1.54, 1.807) is 12.1 Å². The van der Waals surface area contributed by atoms with Crippen molar-refractivity contribution in [1.82, 2.24) is 9.78 Å². The second-order valence-electron chi connectivity index (χ2n) is 3.98. The number of rotatable bonds is 2. The molecule has 0 atom stereocenters. The summed E-state index contributed by atoms with van der Waals surface area (Å²) in [6, 6.07) is 4.41. The molecule has 0 aliphatic heterocycles. The van der Waals surface area contributed by atoms with E-state index in [0.29, 0.717) is 11.3 Å². The van der Waals surface area contributed by atoms with Crippen LogP contribution in [-0.4, -0.2) is 15.6 Å². The number of nitrogen functional groups attached to an aromatic ring is 1. The molecule has 6 heteroatoms. The molecule has 3 N–H and O–H groups in total. The number of nitrogens with zero attached hydrogens (tertiary/aromatic N) is 2. The van der Waals surface area contributed by atoms with Crippen LogP contribution in [0, 0.1) is 25.1 Å². The number of benzene rings is 1. The first kappa shape index (κ1) is 12.8. The van der Waals surface area contributed by atoms with Crippen molar-refractivity contribution >= 4 is 21.8 Å². The topological polar surface area (TPSA) is 67.7 Å². The second kappa shape index (κ2) is 4.53. The highest BCUT2D eigenvalue weighted by Gasteiger charge is 2.14. The molecule has 0 aliphatic rings. The molecule has 2 rings (SSSR count). The fourth-order valence-corrected chi connectivity index (χ4v) is 1.95. The Hall–Kier alpha value is -1.69. The summed E-state index contributed by atoms with van der Waals surface area (Å²) in [7, 11) is 0. The van der Waals surface area contributed by atoms with E-state index in [4.69, 9.17) is 11.1 Å². The maximum atomic E-state index is 14.0. The van der Waals surface area contributed by atoms with Crippen LogP contribution in [0.5, 0.6) is 0 Å². The quantitative estimate of drug-likeness (QED) is 0.661. The van der Waals surface area contributed by atoms with Gasteiger partial charge in [-0.1, -0.05) is 0 Å². The molecule has 0 spiro atoms. The fourth-order valence-electron chi connectivity index (χ4n) is 1.70. The third-order valence-electron chi connectivity index (χ3n) is 2.69. The van der Waals surface area contributed by atoms with E-state index in [1.165, 1.54) is 10.7 Å². The van der Waals surface area contributed by atoms with Crippen molar-refractivity contribution in [3.63, 3.8) is 0 Å². The Bertz CT molecular complexity index is 633. The first-order valence-electron chi connectivity index (χ1n) is 5.28. The minimum Gasteiger partial charge on any atom is -0.384 e. The van der Waals surface area contributed by atoms with Crippen LogP contribution in [0.15, 0.2) is 22.7 Å². The Labute approximate surface area is 112 Å². The van der Waals surface area contributed by atoms with Gasteiger partial charge in [-0.2, -0.15) is 5.10 Å². The zero-order chi connectivity index (χ0) is 13.4. The number of nitrogens with two attached hydrogens (primary N) is 1. The molecule has 0 unspecified atom stereocenters. The molecule has 1 heterocycles. The lowest BCUT2D eigenvalue weighted by molar-refractivity contribution is 0.607. The lowest BCUT2D eigenvalue weighted by atomic mass is 10.2. The molecular weight excluding hydrogens is 299 g/mol. The molecule has 0 saturated heterocycles. The number of hydrogen-bond donors (Lipinski definition) is 2. The molecule has 4 nitrogen and oxygen atoms in total. The zero-order valence-corrected chi connectivity index (χ0v) is 11.5. The molecule has 1 aromatic heterocycles. The van der Waals surface area contributed by atoms with Crippen LogP contribution in [0.25, 0.3) is 5.69 Å². The molecule has 94 valence electrons. The Morgan fingerprint density at radius 3 is 2.56 bits per heavy atom. The van der Waals surface area contributed by atoms with E-state index in [1.807, 2.05) is 13.8 Å². The number of aryl methyl sites for hydroxylation is 1. The van der Waals surface area contributed by atoms with Crippen LogP contribution < -0.4 is 5.73 Å². The minimum atomic E-state index is -0.458. The van der Waals surface area contributed by atoms with Gasteiger partial charge in [0.05, 0.1) is 15.9 Å². The van der Waals surface area contributed by atoms with Crippen LogP contribution in [0.3, 0.4) is 0 Å². The van der Waals surface area contributed by atoms with Crippen LogP contribution in [0.4, 0.5) is 4.39 Å². The highest BCUT2D eigenvalue weighted by molar-refractivity contribution is 9.10. The summed E-state index contributed by atoms with van der Waals surface area (Å²) in [6.45, 7) is 3.69. The molecule has 0 amide bonds. The molecule has 0 bridgehead atoms. The summed E-state index contributed by atoms with van der Waals surface area (Å²) in [5.41, 5.74) is 7.63. The van der Waals surface area contributed by atoms with Gasteiger partial charge in [0.15, 0.2) is 0 Å². The lowest BCUT2D eigenvalue weighted by Gasteiger charge is -2.07. The maximum Gasteiger partial charge on any atom is 0.149 e. The summed E-state index contributed by atoms with van der Waals surface area (Å²) in [5, 5.41) is 11.5. The van der Waals surface area contributed by atoms with E-state index in [9.17, 15) is 4.39 Å². The summed E-state index contributed by atoms with van der Waals surface area (Å²) in [5.74, 6) is -0.615. The van der Waals surface area contributed by atoms with E-state index >= 15 is 0 Å². The van der Waals surface area contributed by atoms with Crippen molar-refractivity contribution in [2.75, 3.05) is 0 Å². The van der Waals surface area contributed by atoms with E-state index in [2.05, 4.69) is 21.0 Å². The number of hydrogen-bond acceptors (Lipinski definition) is 2. The van der Waals surface area contributed by atoms with Gasteiger partial charge in [-0.3, -0.25) is 5.41 Å². The number of aromatic nitrogens is 2. The predicted octanol–water partition coefficient (Wildman–Crippen LogP) is 2.67. The lowest BCUT2D eigenvalue weighted by Crippen LogP contribution is -2.12. The van der Waals surface area contributed by atoms with E-state index in [0.717, 1.165) is 15.9 Å². The Kier molecular flexibility index (Phi) is 3.21. The number of halogens is 2. The molecule has 1 aromatic carbocycles. The molecule has 0 radical (unpaired) electrons. The summed E-state index contributed by atoms with van der Waals surface area (Å²) in [6.07, 6.45) is 0. The van der Waals surface area contributed by atoms with Crippen LogP contribution in [0.1, 0.15) is 17.0 Å². The third-order valence-corrected chi connectivity index (χ3v) is 3.84. The van der Waals surface area contributed by atoms with Crippen LogP contribution in [-0.2, 0) is 0 Å². The SMILES string of the molecule is Cc1nn(-c2ccc(C(=N)N)cc2F)c(C)c1Br. The average molecular weight is 311 g/mol. The maximum absolute atomic E-state index is 14.0. The molecule has 0 aliphatic carbocycles. The van der Waals surface area contributed by atoms with Crippen LogP contribution >= 0.6 is 15.9 Å². The van der Waals surface area contributed by atoms with Gasteiger partial charge < -0.3 is 5.73 Å². The van der Waals surface area contributed by atoms with Crippen LogP contribution in [0.2, 0.25) is 0 Å². The first-order chi connectivity index (χ1) is 8.41. The van der Waals surface area contributed by atoms with E-state index < -0.39 is 5.82 Å². The molecular formula is C12H12BrFN4. The van der Waals surface area contributed by atoms with Crippen molar-refractivity contribution in [3.05, 3.63) is 45.4 Å². The standard InChI is InChI=1S/C12H12BrFN4/c1-6-11(13)7(2)18(17-6)10-4-3-8(12(15)16)5-9(10)14/h3-5H,1-2H3,(H3,15,16). The molecule has 18 heavy (non-hydrogen) atoms. The Balaban J connectivity index is 2.58. The van der Waals surface area contributed by atoms with Gasteiger partial charge in [0.1, 0.15) is 17.3 Å². The molecule has 0 saturated carbocycles. The summed E-state index contributed by atoms with van der Waals surface area (Å²) >= 11 is 3.40. The van der Waals surface area contributed by atoms with Gasteiger partial charge in [0.25, 0.3) is 0 Å². The highest BCUT2D eigenvalue weighted by atomic mass is 79.9. The average Bonchev–Trinajstić information content (AvgIpc) is 2.57. The number of amidine groups is 1. The first-order valence-corrected chi connectivity index (χ1v) is 6.07. The van der Waals surface area contributed by atoms with Crippen molar-refractivity contribution < 1.29 is 4.39 Å². The number of nitrogens with one attached hydrogen (secondary N) is 1. The van der Waals surface area contributed by atoms with Crippen molar-refractivity contribution in [3.8, 4) is 5.69 Å². The van der Waals surface area contributed by atoms with Crippen molar-refractivity contribution in [1.29, 1.82) is 5.41 Å².